The van der Waals surface area contributed by atoms with Crippen molar-refractivity contribution in [2.45, 2.75) is 31.7 Å². The van der Waals surface area contributed by atoms with E-state index < -0.39 is 0 Å². The molecule has 2 aromatic rings. The number of benzene rings is 2. The smallest absolute Gasteiger partial charge is 0.238 e. The molecule has 1 heterocycles. The summed E-state index contributed by atoms with van der Waals surface area (Å²) in [6, 6.07) is 14.8. The van der Waals surface area contributed by atoms with Crippen molar-refractivity contribution in [1.82, 2.24) is 10.6 Å². The number of fused-ring (bicyclic) bond motifs is 1. The molecule has 0 aromatic heterocycles. The third kappa shape index (κ3) is 4.89. The van der Waals surface area contributed by atoms with Crippen LogP contribution in [-0.2, 0) is 16.0 Å². The normalized spacial score (nSPS) is 22.7. The number of thiocarbonyl (C=S) groups is 1. The first-order valence-electron chi connectivity index (χ1n) is 10.8. The minimum atomic E-state index is -0.193. The van der Waals surface area contributed by atoms with Crippen molar-refractivity contribution < 1.29 is 14.3 Å². The number of carbonyl (C=O) groups is 2. The zero-order valence-corrected chi connectivity index (χ0v) is 19.4. The Balaban J connectivity index is 1.33. The Morgan fingerprint density at radius 1 is 1.19 bits per heavy atom. The Morgan fingerprint density at radius 2 is 1.91 bits per heavy atom. The molecule has 8 heteroatoms. The van der Waals surface area contributed by atoms with E-state index in [4.69, 9.17) is 28.6 Å². The lowest BCUT2D eigenvalue weighted by atomic mass is 9.76. The van der Waals surface area contributed by atoms with Crippen LogP contribution in [0.5, 0.6) is 5.75 Å². The standard InChI is InChI=1S/C24H26ClN3O3S/c1-31-19-9-7-18(8-10-19)28-23(30)20-11-4-16(14-21(20)27-24(28)32)22(29)26-13-12-15-2-5-17(25)6-3-15/h2-3,5-10,16,20-21H,4,11-14H2,1H3,(H,26,29)(H,27,32). The molecule has 0 radical (unpaired) electrons. The largest absolute Gasteiger partial charge is 0.497 e. The number of nitrogens with one attached hydrogen (secondary N) is 2. The number of halogens is 1. The second kappa shape index (κ2) is 9.88. The molecular weight excluding hydrogens is 446 g/mol. The number of ether oxygens (including phenoxy) is 1. The Hall–Kier alpha value is -2.64. The van der Waals surface area contributed by atoms with E-state index in [-0.39, 0.29) is 29.7 Å². The van der Waals surface area contributed by atoms with Crippen molar-refractivity contribution in [3.05, 3.63) is 59.1 Å². The van der Waals surface area contributed by atoms with Gasteiger partial charge in [0.25, 0.3) is 0 Å². The maximum atomic E-state index is 13.2. The number of hydrogen-bond acceptors (Lipinski definition) is 4. The molecule has 2 N–H and O–H groups in total. The summed E-state index contributed by atoms with van der Waals surface area (Å²) >= 11 is 11.4. The van der Waals surface area contributed by atoms with Crippen molar-refractivity contribution in [3.8, 4) is 5.75 Å². The summed E-state index contributed by atoms with van der Waals surface area (Å²) in [7, 11) is 1.60. The summed E-state index contributed by atoms with van der Waals surface area (Å²) in [4.78, 5) is 27.5. The molecule has 2 aromatic carbocycles. The SMILES string of the molecule is COc1ccc(N2C(=O)C3CCC(C(=O)NCCc4ccc(Cl)cc4)CC3NC2=S)cc1. The fraction of sp³-hybridized carbons (Fsp3) is 0.375. The van der Waals surface area contributed by atoms with Crippen LogP contribution in [0.2, 0.25) is 5.02 Å². The first kappa shape index (κ1) is 22.6. The molecule has 1 aliphatic heterocycles. The van der Waals surface area contributed by atoms with Crippen molar-refractivity contribution in [2.75, 3.05) is 18.6 Å². The molecule has 4 rings (SSSR count). The average Bonchev–Trinajstić information content (AvgIpc) is 2.80. The quantitative estimate of drug-likeness (QED) is 0.628. The van der Waals surface area contributed by atoms with Crippen LogP contribution in [0.4, 0.5) is 5.69 Å². The molecule has 1 aliphatic carbocycles. The molecule has 1 saturated heterocycles. The molecule has 2 fully saturated rings. The molecule has 0 spiro atoms. The van der Waals surface area contributed by atoms with Gasteiger partial charge in [-0.15, -0.1) is 0 Å². The lowest BCUT2D eigenvalue weighted by molar-refractivity contribution is -0.130. The van der Waals surface area contributed by atoms with Crippen LogP contribution >= 0.6 is 23.8 Å². The summed E-state index contributed by atoms with van der Waals surface area (Å²) in [6.07, 6.45) is 2.69. The van der Waals surface area contributed by atoms with Crippen LogP contribution in [0.25, 0.3) is 0 Å². The molecule has 2 amide bonds. The molecular formula is C24H26ClN3O3S. The lowest BCUT2D eigenvalue weighted by Gasteiger charge is -2.43. The van der Waals surface area contributed by atoms with Gasteiger partial charge in [-0.25, -0.2) is 0 Å². The number of amides is 2. The highest BCUT2D eigenvalue weighted by Crippen LogP contribution is 2.35. The lowest BCUT2D eigenvalue weighted by Crippen LogP contribution is -2.62. The van der Waals surface area contributed by atoms with Crippen LogP contribution in [0.1, 0.15) is 24.8 Å². The van der Waals surface area contributed by atoms with Gasteiger partial charge in [-0.05, 0) is 79.9 Å². The average molecular weight is 472 g/mol. The van der Waals surface area contributed by atoms with Gasteiger partial charge in [0.2, 0.25) is 11.8 Å². The van der Waals surface area contributed by atoms with Crippen molar-refractivity contribution >= 4 is 46.4 Å². The van der Waals surface area contributed by atoms with Crippen LogP contribution in [-0.4, -0.2) is 36.6 Å². The molecule has 2 aliphatic rings. The van der Waals surface area contributed by atoms with Crippen molar-refractivity contribution in [3.63, 3.8) is 0 Å². The minimum Gasteiger partial charge on any atom is -0.497 e. The Kier molecular flexibility index (Phi) is 6.96. The first-order valence-corrected chi connectivity index (χ1v) is 11.6. The van der Waals surface area contributed by atoms with E-state index in [9.17, 15) is 9.59 Å². The van der Waals surface area contributed by atoms with Gasteiger partial charge >= 0.3 is 0 Å². The van der Waals surface area contributed by atoms with Gasteiger partial charge in [-0.2, -0.15) is 0 Å². The highest BCUT2D eigenvalue weighted by Gasteiger charge is 2.44. The van der Waals surface area contributed by atoms with Gasteiger partial charge in [-0.1, -0.05) is 23.7 Å². The van der Waals surface area contributed by atoms with Gasteiger partial charge in [0.1, 0.15) is 5.75 Å². The topological polar surface area (TPSA) is 70.7 Å². The van der Waals surface area contributed by atoms with Crippen LogP contribution < -0.4 is 20.3 Å². The summed E-state index contributed by atoms with van der Waals surface area (Å²) in [5.41, 5.74) is 1.84. The first-order chi connectivity index (χ1) is 15.5. The van der Waals surface area contributed by atoms with Gasteiger partial charge < -0.3 is 15.4 Å². The zero-order valence-electron chi connectivity index (χ0n) is 17.8. The summed E-state index contributed by atoms with van der Waals surface area (Å²) in [6.45, 7) is 0.571. The van der Waals surface area contributed by atoms with E-state index in [1.807, 2.05) is 48.5 Å². The maximum absolute atomic E-state index is 13.2. The van der Waals surface area contributed by atoms with Crippen LogP contribution in [0.3, 0.4) is 0 Å². The second-order valence-electron chi connectivity index (χ2n) is 8.21. The monoisotopic (exact) mass is 471 g/mol. The van der Waals surface area contributed by atoms with E-state index in [0.29, 0.717) is 41.6 Å². The Bertz CT molecular complexity index is 997. The third-order valence-corrected chi connectivity index (χ3v) is 6.78. The predicted molar refractivity (Wildman–Crippen MR) is 129 cm³/mol. The zero-order chi connectivity index (χ0) is 22.7. The van der Waals surface area contributed by atoms with Crippen LogP contribution in [0, 0.1) is 11.8 Å². The second-order valence-corrected chi connectivity index (χ2v) is 9.03. The van der Waals surface area contributed by atoms with Gasteiger partial charge in [0, 0.05) is 23.5 Å². The fourth-order valence-electron chi connectivity index (χ4n) is 4.45. The number of methoxy groups -OCH3 is 1. The molecule has 32 heavy (non-hydrogen) atoms. The molecule has 168 valence electrons. The highest BCUT2D eigenvalue weighted by atomic mass is 35.5. The maximum Gasteiger partial charge on any atom is 0.238 e. The minimum absolute atomic E-state index is 0.00878. The summed E-state index contributed by atoms with van der Waals surface area (Å²) in [5, 5.41) is 7.43. The predicted octanol–water partition coefficient (Wildman–Crippen LogP) is 3.71. The fourth-order valence-corrected chi connectivity index (χ4v) is 4.93. The molecule has 0 bridgehead atoms. The van der Waals surface area contributed by atoms with E-state index in [1.165, 1.54) is 0 Å². The van der Waals surface area contributed by atoms with E-state index in [0.717, 1.165) is 17.7 Å². The van der Waals surface area contributed by atoms with Gasteiger partial charge in [0.15, 0.2) is 5.11 Å². The molecule has 3 atom stereocenters. The third-order valence-electron chi connectivity index (χ3n) is 6.23. The number of carbonyl (C=O) groups excluding carboxylic acids is 2. The number of anilines is 1. The Labute approximate surface area is 198 Å². The van der Waals surface area contributed by atoms with E-state index in [2.05, 4.69) is 10.6 Å². The number of rotatable bonds is 6. The molecule has 3 unspecified atom stereocenters. The summed E-state index contributed by atoms with van der Waals surface area (Å²) in [5.74, 6) is 0.428. The van der Waals surface area contributed by atoms with Gasteiger partial charge in [-0.3, -0.25) is 14.5 Å². The highest BCUT2D eigenvalue weighted by molar-refractivity contribution is 7.80. The molecule has 1 saturated carbocycles. The van der Waals surface area contributed by atoms with Crippen molar-refractivity contribution in [1.29, 1.82) is 0 Å². The molecule has 6 nitrogen and oxygen atoms in total. The van der Waals surface area contributed by atoms with E-state index in [1.54, 1.807) is 12.0 Å². The summed E-state index contributed by atoms with van der Waals surface area (Å²) < 4.78 is 5.19. The van der Waals surface area contributed by atoms with Crippen molar-refractivity contribution in [2.24, 2.45) is 11.8 Å². The number of hydrogen-bond donors (Lipinski definition) is 2. The van der Waals surface area contributed by atoms with Gasteiger partial charge in [0.05, 0.1) is 18.7 Å². The number of nitrogens with zero attached hydrogens (tertiary/aromatic N) is 1. The van der Waals surface area contributed by atoms with E-state index >= 15 is 0 Å². The Morgan fingerprint density at radius 3 is 2.59 bits per heavy atom. The van der Waals surface area contributed by atoms with Crippen LogP contribution in [0.15, 0.2) is 48.5 Å².